The quantitative estimate of drug-likeness (QED) is 0.668. The van der Waals surface area contributed by atoms with Crippen LogP contribution in [0.15, 0.2) is 42.0 Å². The van der Waals surface area contributed by atoms with Crippen molar-refractivity contribution in [2.24, 2.45) is 0 Å². The molecule has 0 fully saturated rings. The van der Waals surface area contributed by atoms with Crippen LogP contribution in [0.25, 0.3) is 0 Å². The van der Waals surface area contributed by atoms with Crippen LogP contribution in [0.3, 0.4) is 0 Å². The Morgan fingerprint density at radius 2 is 1.73 bits per heavy atom. The van der Waals surface area contributed by atoms with Gasteiger partial charge < -0.3 is 10.6 Å². The van der Waals surface area contributed by atoms with Gasteiger partial charge in [-0.25, -0.2) is 0 Å². The third-order valence-electron chi connectivity index (χ3n) is 4.07. The predicted molar refractivity (Wildman–Crippen MR) is 93.0 cm³/mol. The fourth-order valence-electron chi connectivity index (χ4n) is 2.75. The molecule has 0 atom stereocenters. The summed E-state index contributed by atoms with van der Waals surface area (Å²) in [6.07, 6.45) is 11.1. The molecular formula is C19H28N2O. The number of carbonyl (C=O) groups is 1. The molecule has 22 heavy (non-hydrogen) atoms. The van der Waals surface area contributed by atoms with Gasteiger partial charge >= 0.3 is 0 Å². The lowest BCUT2D eigenvalue weighted by molar-refractivity contribution is -0.117. The number of hydrogen-bond donors (Lipinski definition) is 2. The monoisotopic (exact) mass is 300 g/mol. The predicted octanol–water partition coefficient (Wildman–Crippen LogP) is 4.28. The molecule has 1 aromatic rings. The third kappa shape index (κ3) is 6.33. The van der Waals surface area contributed by atoms with Crippen molar-refractivity contribution in [1.82, 2.24) is 5.32 Å². The van der Waals surface area contributed by atoms with E-state index in [0.29, 0.717) is 0 Å². The molecular weight excluding hydrogens is 272 g/mol. The summed E-state index contributed by atoms with van der Waals surface area (Å²) in [4.78, 5) is 11.9. The number of benzene rings is 1. The smallest absolute Gasteiger partial charge is 0.246 e. The van der Waals surface area contributed by atoms with Crippen LogP contribution < -0.4 is 10.6 Å². The molecule has 0 saturated heterocycles. The average Bonchev–Trinajstić information content (AvgIpc) is 2.59. The minimum absolute atomic E-state index is 0.158. The number of anilines is 1. The molecule has 0 unspecified atom stereocenters. The number of carbonyl (C=O) groups excluding carboxylic acids is 1. The van der Waals surface area contributed by atoms with Gasteiger partial charge in [-0.3, -0.25) is 4.79 Å². The van der Waals surface area contributed by atoms with Gasteiger partial charge in [0.1, 0.15) is 0 Å². The molecule has 0 radical (unpaired) electrons. The molecule has 0 bridgehead atoms. The van der Waals surface area contributed by atoms with Gasteiger partial charge in [0.05, 0.1) is 0 Å². The van der Waals surface area contributed by atoms with Crippen LogP contribution in [0.4, 0.5) is 5.69 Å². The third-order valence-corrected chi connectivity index (χ3v) is 4.07. The van der Waals surface area contributed by atoms with Crippen LogP contribution >= 0.6 is 0 Å². The molecule has 0 aliphatic heterocycles. The van der Waals surface area contributed by atoms with E-state index in [4.69, 9.17) is 0 Å². The highest BCUT2D eigenvalue weighted by Crippen LogP contribution is 2.17. The molecule has 2 N–H and O–H groups in total. The van der Waals surface area contributed by atoms with E-state index in [1.165, 1.54) is 31.4 Å². The molecule has 1 aromatic carbocycles. The molecule has 120 valence electrons. The molecule has 0 saturated carbocycles. The highest BCUT2D eigenvalue weighted by Gasteiger charge is 2.10. The Bertz CT molecular complexity index is 468. The van der Waals surface area contributed by atoms with Gasteiger partial charge in [-0.05, 0) is 50.7 Å². The molecule has 3 nitrogen and oxygen atoms in total. The van der Waals surface area contributed by atoms with E-state index in [2.05, 4.69) is 28.8 Å². The van der Waals surface area contributed by atoms with E-state index >= 15 is 0 Å². The Morgan fingerprint density at radius 1 is 0.955 bits per heavy atom. The summed E-state index contributed by atoms with van der Waals surface area (Å²) >= 11 is 0. The maximum atomic E-state index is 11.9. The molecule has 1 aliphatic carbocycles. The van der Waals surface area contributed by atoms with Gasteiger partial charge in [-0.1, -0.05) is 37.1 Å². The molecule has 0 heterocycles. The first-order valence-corrected chi connectivity index (χ1v) is 8.62. The van der Waals surface area contributed by atoms with Gasteiger partial charge in [0.2, 0.25) is 5.91 Å². The van der Waals surface area contributed by atoms with Crippen LogP contribution in [0.1, 0.15) is 51.4 Å². The van der Waals surface area contributed by atoms with Crippen molar-refractivity contribution < 1.29 is 4.79 Å². The zero-order valence-corrected chi connectivity index (χ0v) is 13.4. The number of unbranched alkanes of at least 4 members (excludes halogenated alkanes) is 3. The maximum Gasteiger partial charge on any atom is 0.246 e. The Hall–Kier alpha value is -1.77. The normalized spacial score (nSPS) is 14.3. The second kappa shape index (κ2) is 10.0. The van der Waals surface area contributed by atoms with Crippen molar-refractivity contribution in [1.29, 1.82) is 0 Å². The zero-order chi connectivity index (χ0) is 15.5. The van der Waals surface area contributed by atoms with Gasteiger partial charge in [0, 0.05) is 24.4 Å². The molecule has 0 aromatic heterocycles. The number of hydrogen-bond acceptors (Lipinski definition) is 2. The van der Waals surface area contributed by atoms with Crippen LogP contribution in [-0.4, -0.2) is 19.0 Å². The van der Waals surface area contributed by atoms with Crippen molar-refractivity contribution >= 4 is 11.6 Å². The van der Waals surface area contributed by atoms with E-state index in [1.54, 1.807) is 0 Å². The summed E-state index contributed by atoms with van der Waals surface area (Å²) in [5.74, 6) is 0.158. The lowest BCUT2D eigenvalue weighted by atomic mass is 9.99. The fourth-order valence-corrected chi connectivity index (χ4v) is 2.75. The van der Waals surface area contributed by atoms with E-state index in [-0.39, 0.29) is 5.91 Å². The fraction of sp³-hybridized carbons (Fsp3) is 0.526. The molecule has 1 amide bonds. The van der Waals surface area contributed by atoms with Crippen molar-refractivity contribution in [3.63, 3.8) is 0 Å². The zero-order valence-electron chi connectivity index (χ0n) is 13.4. The summed E-state index contributed by atoms with van der Waals surface area (Å²) in [7, 11) is 0. The van der Waals surface area contributed by atoms with E-state index in [0.717, 1.165) is 44.3 Å². The summed E-state index contributed by atoms with van der Waals surface area (Å²) < 4.78 is 0. The Labute approximate surface area is 134 Å². The Balaban J connectivity index is 1.44. The summed E-state index contributed by atoms with van der Waals surface area (Å²) in [6, 6.07) is 10.3. The SMILES string of the molecule is O=C(NCCCCCCNc1ccccc1)C1=CCCCC1. The number of allylic oxidation sites excluding steroid dienone is 1. The summed E-state index contributed by atoms with van der Waals surface area (Å²) in [5.41, 5.74) is 2.19. The number of amides is 1. The van der Waals surface area contributed by atoms with Crippen LogP contribution in [0.2, 0.25) is 0 Å². The highest BCUT2D eigenvalue weighted by molar-refractivity contribution is 5.93. The van der Waals surface area contributed by atoms with Gasteiger partial charge in [-0.15, -0.1) is 0 Å². The van der Waals surface area contributed by atoms with Crippen molar-refractivity contribution in [2.75, 3.05) is 18.4 Å². The van der Waals surface area contributed by atoms with E-state index < -0.39 is 0 Å². The standard InChI is InChI=1S/C19H28N2O/c22-19(17-11-5-3-6-12-17)21-16-10-2-1-9-15-20-18-13-7-4-8-14-18/h4,7-8,11,13-14,20H,1-3,5-6,9-10,12,15-16H2,(H,21,22). The average molecular weight is 300 g/mol. The Morgan fingerprint density at radius 3 is 2.45 bits per heavy atom. The number of nitrogens with one attached hydrogen (secondary N) is 2. The lowest BCUT2D eigenvalue weighted by Crippen LogP contribution is -2.26. The second-order valence-electron chi connectivity index (χ2n) is 5.94. The number of rotatable bonds is 9. The van der Waals surface area contributed by atoms with Gasteiger partial charge in [-0.2, -0.15) is 0 Å². The van der Waals surface area contributed by atoms with Crippen molar-refractivity contribution in [3.05, 3.63) is 42.0 Å². The van der Waals surface area contributed by atoms with Crippen molar-refractivity contribution in [2.45, 2.75) is 51.4 Å². The highest BCUT2D eigenvalue weighted by atomic mass is 16.1. The molecule has 1 aliphatic rings. The lowest BCUT2D eigenvalue weighted by Gasteiger charge is -2.12. The number of para-hydroxylation sites is 1. The minimum atomic E-state index is 0.158. The molecule has 3 heteroatoms. The van der Waals surface area contributed by atoms with Crippen LogP contribution in [-0.2, 0) is 4.79 Å². The summed E-state index contributed by atoms with van der Waals surface area (Å²) in [6.45, 7) is 1.82. The molecule has 2 rings (SSSR count). The topological polar surface area (TPSA) is 41.1 Å². The first-order chi connectivity index (χ1) is 10.9. The second-order valence-corrected chi connectivity index (χ2v) is 5.94. The Kier molecular flexibility index (Phi) is 7.57. The van der Waals surface area contributed by atoms with Gasteiger partial charge in [0.25, 0.3) is 0 Å². The summed E-state index contributed by atoms with van der Waals surface area (Å²) in [5, 5.41) is 6.47. The molecule has 0 spiro atoms. The first kappa shape index (κ1) is 16.6. The largest absolute Gasteiger partial charge is 0.385 e. The first-order valence-electron chi connectivity index (χ1n) is 8.62. The minimum Gasteiger partial charge on any atom is -0.385 e. The van der Waals surface area contributed by atoms with Crippen LogP contribution in [0, 0.1) is 0 Å². The maximum absolute atomic E-state index is 11.9. The van der Waals surface area contributed by atoms with Crippen molar-refractivity contribution in [3.8, 4) is 0 Å². The van der Waals surface area contributed by atoms with E-state index in [9.17, 15) is 4.79 Å². The van der Waals surface area contributed by atoms with E-state index in [1.807, 2.05) is 18.2 Å². The van der Waals surface area contributed by atoms with Gasteiger partial charge in [0.15, 0.2) is 0 Å². The van der Waals surface area contributed by atoms with Crippen LogP contribution in [0.5, 0.6) is 0 Å².